The van der Waals surface area contributed by atoms with Crippen LogP contribution in [0, 0.1) is 0 Å². The molecule has 0 spiro atoms. The fourth-order valence-corrected chi connectivity index (χ4v) is 6.41. The van der Waals surface area contributed by atoms with Gasteiger partial charge in [-0.3, -0.25) is 0 Å². The molecule has 0 N–H and O–H groups in total. The van der Waals surface area contributed by atoms with E-state index in [4.69, 9.17) is 11.6 Å². The maximum atomic E-state index is 12.6. The van der Waals surface area contributed by atoms with E-state index in [0.717, 1.165) is 29.5 Å². The minimum absolute atomic E-state index is 0.0694. The number of hydrogen-bond acceptors (Lipinski definition) is 3. The van der Waals surface area contributed by atoms with Crippen molar-refractivity contribution in [2.45, 2.75) is 35.9 Å². The summed E-state index contributed by atoms with van der Waals surface area (Å²) in [6, 6.07) is 3.35. The van der Waals surface area contributed by atoms with Crippen LogP contribution in [0.15, 0.2) is 20.1 Å². The summed E-state index contributed by atoms with van der Waals surface area (Å²) in [6.07, 6.45) is 3.90. The van der Waals surface area contributed by atoms with Crippen LogP contribution in [-0.2, 0) is 10.0 Å². The van der Waals surface area contributed by atoms with E-state index in [9.17, 15) is 8.42 Å². The van der Waals surface area contributed by atoms with Crippen LogP contribution in [0.4, 0.5) is 0 Å². The van der Waals surface area contributed by atoms with Crippen molar-refractivity contribution in [2.75, 3.05) is 12.4 Å². The van der Waals surface area contributed by atoms with Crippen molar-refractivity contribution in [1.82, 2.24) is 4.31 Å². The van der Waals surface area contributed by atoms with Gasteiger partial charge in [-0.25, -0.2) is 8.42 Å². The Bertz CT molecular complexity index is 503. The van der Waals surface area contributed by atoms with E-state index in [0.29, 0.717) is 16.6 Å². The van der Waals surface area contributed by atoms with Gasteiger partial charge in [-0.15, -0.1) is 22.9 Å². The number of rotatable bonds is 3. The SMILES string of the molecule is O=S(=O)(c1ccc(Br)s1)N1CCCCCC1CCl. The van der Waals surface area contributed by atoms with Crippen molar-refractivity contribution >= 4 is 48.9 Å². The summed E-state index contributed by atoms with van der Waals surface area (Å²) >= 11 is 10.5. The first-order chi connectivity index (χ1) is 8.55. The maximum absolute atomic E-state index is 12.6. The van der Waals surface area contributed by atoms with Gasteiger partial charge in [0.15, 0.2) is 0 Å². The molecule has 0 radical (unpaired) electrons. The molecule has 1 saturated heterocycles. The molecule has 1 fully saturated rings. The zero-order valence-electron chi connectivity index (χ0n) is 9.81. The highest BCUT2D eigenvalue weighted by Crippen LogP contribution is 2.31. The Morgan fingerprint density at radius 1 is 1.39 bits per heavy atom. The molecule has 1 aromatic heterocycles. The molecule has 1 aliphatic rings. The summed E-state index contributed by atoms with van der Waals surface area (Å²) < 4.78 is 28.0. The molecule has 0 saturated carbocycles. The highest BCUT2D eigenvalue weighted by Gasteiger charge is 2.32. The summed E-state index contributed by atoms with van der Waals surface area (Å²) in [5, 5.41) is 0. The topological polar surface area (TPSA) is 37.4 Å². The maximum Gasteiger partial charge on any atom is 0.252 e. The molecule has 0 bridgehead atoms. The van der Waals surface area contributed by atoms with Gasteiger partial charge in [-0.05, 0) is 40.9 Å². The fraction of sp³-hybridized carbons (Fsp3) is 0.636. The van der Waals surface area contributed by atoms with E-state index in [-0.39, 0.29) is 6.04 Å². The molecule has 0 aromatic carbocycles. The predicted octanol–water partition coefficient (Wildman–Crippen LogP) is 3.68. The molecule has 1 atom stereocenters. The Balaban J connectivity index is 2.32. The largest absolute Gasteiger partial charge is 0.252 e. The lowest BCUT2D eigenvalue weighted by Crippen LogP contribution is -2.40. The van der Waals surface area contributed by atoms with E-state index in [1.54, 1.807) is 16.4 Å². The van der Waals surface area contributed by atoms with Crippen molar-refractivity contribution in [3.63, 3.8) is 0 Å². The van der Waals surface area contributed by atoms with Gasteiger partial charge in [-0.2, -0.15) is 4.31 Å². The van der Waals surface area contributed by atoms with Gasteiger partial charge in [0.1, 0.15) is 4.21 Å². The standard InChI is InChI=1S/C11H15BrClNO2S2/c12-10-5-6-11(17-10)18(15,16)14-7-3-1-2-4-9(14)8-13/h5-6,9H,1-4,7-8H2. The minimum atomic E-state index is -3.39. The molecule has 3 nitrogen and oxygen atoms in total. The molecule has 18 heavy (non-hydrogen) atoms. The van der Waals surface area contributed by atoms with Crippen molar-refractivity contribution in [3.8, 4) is 0 Å². The predicted molar refractivity (Wildman–Crippen MR) is 78.9 cm³/mol. The van der Waals surface area contributed by atoms with E-state index in [1.165, 1.54) is 11.3 Å². The Morgan fingerprint density at radius 3 is 2.78 bits per heavy atom. The Hall–Kier alpha value is 0.380. The van der Waals surface area contributed by atoms with Gasteiger partial charge in [0, 0.05) is 18.5 Å². The van der Waals surface area contributed by atoms with E-state index in [1.807, 2.05) is 0 Å². The summed E-state index contributed by atoms with van der Waals surface area (Å²) in [4.78, 5) is 0. The lowest BCUT2D eigenvalue weighted by molar-refractivity contribution is 0.346. The van der Waals surface area contributed by atoms with Crippen LogP contribution < -0.4 is 0 Å². The fourth-order valence-electron chi connectivity index (χ4n) is 2.17. The molecular formula is C11H15BrClNO2S2. The average Bonchev–Trinajstić information content (AvgIpc) is 2.65. The Labute approximate surface area is 125 Å². The van der Waals surface area contributed by atoms with Crippen LogP contribution in [0.1, 0.15) is 25.7 Å². The number of sulfonamides is 1. The molecular weight excluding hydrogens is 358 g/mol. The number of alkyl halides is 1. The highest BCUT2D eigenvalue weighted by molar-refractivity contribution is 9.11. The molecule has 2 rings (SSSR count). The normalized spacial score (nSPS) is 22.9. The lowest BCUT2D eigenvalue weighted by atomic mass is 10.1. The zero-order valence-corrected chi connectivity index (χ0v) is 13.8. The summed E-state index contributed by atoms with van der Waals surface area (Å²) in [5.41, 5.74) is 0. The van der Waals surface area contributed by atoms with Gasteiger partial charge in [0.25, 0.3) is 10.0 Å². The molecule has 7 heteroatoms. The van der Waals surface area contributed by atoms with Crippen LogP contribution in [-0.4, -0.2) is 31.2 Å². The number of halogens is 2. The average molecular weight is 373 g/mol. The Morgan fingerprint density at radius 2 is 2.17 bits per heavy atom. The monoisotopic (exact) mass is 371 g/mol. The summed E-state index contributed by atoms with van der Waals surface area (Å²) in [7, 11) is -3.39. The first-order valence-electron chi connectivity index (χ1n) is 5.89. The molecule has 1 aliphatic heterocycles. The summed E-state index contributed by atoms with van der Waals surface area (Å²) in [6.45, 7) is 0.579. The van der Waals surface area contributed by atoms with Crippen molar-refractivity contribution < 1.29 is 8.42 Å². The molecule has 1 aromatic rings. The molecule has 0 aliphatic carbocycles. The van der Waals surface area contributed by atoms with Gasteiger partial charge in [0.05, 0.1) is 3.79 Å². The van der Waals surface area contributed by atoms with Gasteiger partial charge in [-0.1, -0.05) is 12.8 Å². The van der Waals surface area contributed by atoms with Crippen LogP contribution >= 0.6 is 38.9 Å². The van der Waals surface area contributed by atoms with Crippen molar-refractivity contribution in [3.05, 3.63) is 15.9 Å². The molecule has 0 amide bonds. The third-order valence-corrected chi connectivity index (χ3v) is 7.51. The van der Waals surface area contributed by atoms with Crippen molar-refractivity contribution in [1.29, 1.82) is 0 Å². The smallest absolute Gasteiger partial charge is 0.206 e. The second kappa shape index (κ2) is 6.22. The lowest BCUT2D eigenvalue weighted by Gasteiger charge is -2.26. The van der Waals surface area contributed by atoms with E-state index in [2.05, 4.69) is 15.9 Å². The van der Waals surface area contributed by atoms with Crippen LogP contribution in [0.2, 0.25) is 0 Å². The molecule has 102 valence electrons. The van der Waals surface area contributed by atoms with Crippen LogP contribution in [0.25, 0.3) is 0 Å². The molecule has 1 unspecified atom stereocenters. The van der Waals surface area contributed by atoms with Crippen LogP contribution in [0.5, 0.6) is 0 Å². The first kappa shape index (κ1) is 14.8. The summed E-state index contributed by atoms with van der Waals surface area (Å²) in [5.74, 6) is 0.367. The number of thiophene rings is 1. The number of nitrogens with zero attached hydrogens (tertiary/aromatic N) is 1. The van der Waals surface area contributed by atoms with Gasteiger partial charge >= 0.3 is 0 Å². The van der Waals surface area contributed by atoms with Gasteiger partial charge < -0.3 is 0 Å². The highest BCUT2D eigenvalue weighted by atomic mass is 79.9. The molecule has 2 heterocycles. The number of hydrogen-bond donors (Lipinski definition) is 0. The van der Waals surface area contributed by atoms with E-state index < -0.39 is 10.0 Å². The second-order valence-electron chi connectivity index (χ2n) is 4.33. The van der Waals surface area contributed by atoms with Gasteiger partial charge in [0.2, 0.25) is 0 Å². The Kier molecular flexibility index (Phi) is 5.11. The quantitative estimate of drug-likeness (QED) is 0.759. The minimum Gasteiger partial charge on any atom is -0.206 e. The third-order valence-electron chi connectivity index (χ3n) is 3.11. The van der Waals surface area contributed by atoms with E-state index >= 15 is 0 Å². The second-order valence-corrected chi connectivity index (χ2v) is 9.22. The van der Waals surface area contributed by atoms with Crippen LogP contribution in [0.3, 0.4) is 0 Å². The first-order valence-corrected chi connectivity index (χ1v) is 9.47. The van der Waals surface area contributed by atoms with Crippen molar-refractivity contribution in [2.24, 2.45) is 0 Å². The zero-order chi connectivity index (χ0) is 13.2. The third kappa shape index (κ3) is 3.10.